The lowest BCUT2D eigenvalue weighted by atomic mass is 10.1. The highest BCUT2D eigenvalue weighted by Gasteiger charge is 2.18. The summed E-state index contributed by atoms with van der Waals surface area (Å²) in [6.45, 7) is 1.77. The van der Waals surface area contributed by atoms with Gasteiger partial charge < -0.3 is 29.4 Å². The molecule has 3 aromatic rings. The molecule has 184 valence electrons. The first kappa shape index (κ1) is 23.5. The van der Waals surface area contributed by atoms with Gasteiger partial charge in [-0.15, -0.1) is 0 Å². The van der Waals surface area contributed by atoms with E-state index in [4.69, 9.17) is 14.2 Å². The van der Waals surface area contributed by atoms with E-state index in [9.17, 15) is 14.9 Å². The van der Waals surface area contributed by atoms with Crippen molar-refractivity contribution in [3.63, 3.8) is 0 Å². The van der Waals surface area contributed by atoms with Gasteiger partial charge in [0.05, 0.1) is 6.10 Å². The number of para-hydroxylation sites is 1. The van der Waals surface area contributed by atoms with E-state index in [0.717, 1.165) is 35.9 Å². The maximum atomic E-state index is 12.8. The Balaban J connectivity index is 1.29. The molecule has 0 radical (unpaired) electrons. The second-order valence-corrected chi connectivity index (χ2v) is 8.71. The lowest BCUT2D eigenvalue weighted by Crippen LogP contribution is -2.34. The highest BCUT2D eigenvalue weighted by molar-refractivity contribution is 6.04. The van der Waals surface area contributed by atoms with Crippen LogP contribution in [0.5, 0.6) is 11.5 Å². The van der Waals surface area contributed by atoms with Crippen molar-refractivity contribution in [2.75, 3.05) is 19.9 Å². The number of hydrogen-bond acceptors (Lipinski definition) is 6. The van der Waals surface area contributed by atoms with Gasteiger partial charge in [0, 0.05) is 42.4 Å². The van der Waals surface area contributed by atoms with E-state index in [0.29, 0.717) is 23.6 Å². The third-order valence-electron chi connectivity index (χ3n) is 6.24. The van der Waals surface area contributed by atoms with Crippen molar-refractivity contribution in [2.45, 2.75) is 32.0 Å². The van der Waals surface area contributed by atoms with E-state index in [2.05, 4.69) is 10.6 Å². The van der Waals surface area contributed by atoms with Gasteiger partial charge in [0.25, 0.3) is 5.91 Å². The molecule has 9 heteroatoms. The number of aromatic nitrogens is 1. The summed E-state index contributed by atoms with van der Waals surface area (Å²) in [4.78, 5) is 25.3. The zero-order chi connectivity index (χ0) is 24.9. The Morgan fingerprint density at radius 2 is 2.00 bits per heavy atom. The Bertz CT molecular complexity index is 1360. The van der Waals surface area contributed by atoms with Crippen LogP contribution in [0.25, 0.3) is 17.0 Å². The van der Waals surface area contributed by atoms with E-state index in [1.54, 1.807) is 24.4 Å². The van der Waals surface area contributed by atoms with Gasteiger partial charge in [-0.05, 0) is 42.7 Å². The Morgan fingerprint density at radius 1 is 1.14 bits per heavy atom. The number of nitriles is 1. The van der Waals surface area contributed by atoms with Crippen LogP contribution in [0.3, 0.4) is 0 Å². The first-order chi connectivity index (χ1) is 17.6. The van der Waals surface area contributed by atoms with Crippen molar-refractivity contribution < 1.29 is 23.8 Å². The van der Waals surface area contributed by atoms with Crippen molar-refractivity contribution in [2.24, 2.45) is 0 Å². The minimum Gasteiger partial charge on any atom is -0.454 e. The maximum Gasteiger partial charge on any atom is 0.262 e. The fourth-order valence-electron chi connectivity index (χ4n) is 4.40. The van der Waals surface area contributed by atoms with Gasteiger partial charge in [0.2, 0.25) is 12.7 Å². The van der Waals surface area contributed by atoms with Crippen LogP contribution < -0.4 is 20.1 Å². The molecule has 2 aliphatic heterocycles. The molecule has 0 unspecified atom stereocenters. The van der Waals surface area contributed by atoms with E-state index >= 15 is 0 Å². The molecule has 0 saturated carbocycles. The minimum absolute atomic E-state index is 0.0264. The molecule has 1 fully saturated rings. The summed E-state index contributed by atoms with van der Waals surface area (Å²) in [5.41, 5.74) is 2.33. The third kappa shape index (κ3) is 5.19. The number of carbonyl (C=O) groups is 2. The molecule has 5 rings (SSSR count). The number of ether oxygens (including phenoxy) is 3. The largest absolute Gasteiger partial charge is 0.454 e. The van der Waals surface area contributed by atoms with Crippen molar-refractivity contribution in [1.82, 2.24) is 15.2 Å². The Hall–Kier alpha value is -4.29. The lowest BCUT2D eigenvalue weighted by Gasteiger charge is -2.11. The molecule has 1 saturated heterocycles. The molecule has 2 N–H and O–H groups in total. The standard InChI is InChI=1S/C27H26N4O5/c28-12-19(27(33)30-13-18-7-8-24-25(10-18)36-17-35-24)11-20-15-31(23-6-2-1-5-22(20)23)16-26(32)29-14-21-4-3-9-34-21/h1-2,5-8,10-11,15,21H,3-4,9,13-14,16-17H2,(H,29,32)(H,30,33)/b19-11+/t21-/m1/s1. The highest BCUT2D eigenvalue weighted by Crippen LogP contribution is 2.32. The average molecular weight is 487 g/mol. The molecule has 2 amide bonds. The summed E-state index contributed by atoms with van der Waals surface area (Å²) < 4.78 is 18.1. The smallest absolute Gasteiger partial charge is 0.262 e. The van der Waals surface area contributed by atoms with E-state index in [1.807, 2.05) is 41.0 Å². The molecule has 0 spiro atoms. The molecule has 0 bridgehead atoms. The van der Waals surface area contributed by atoms with Crippen molar-refractivity contribution in [3.05, 3.63) is 65.4 Å². The van der Waals surface area contributed by atoms with Crippen LogP contribution in [-0.2, 0) is 27.4 Å². The molecular formula is C27H26N4O5. The number of benzene rings is 2. The second-order valence-electron chi connectivity index (χ2n) is 8.71. The Kier molecular flexibility index (Phi) is 6.87. The van der Waals surface area contributed by atoms with Crippen LogP contribution in [0, 0.1) is 11.3 Å². The summed E-state index contributed by atoms with van der Waals surface area (Å²) in [6, 6.07) is 15.0. The minimum atomic E-state index is -0.485. The average Bonchev–Trinajstić information content (AvgIpc) is 3.65. The van der Waals surface area contributed by atoms with E-state index in [-0.39, 0.29) is 37.5 Å². The number of carbonyl (C=O) groups excluding carboxylic acids is 2. The first-order valence-electron chi connectivity index (χ1n) is 11.9. The van der Waals surface area contributed by atoms with Gasteiger partial charge >= 0.3 is 0 Å². The number of hydrogen-bond donors (Lipinski definition) is 2. The Labute approximate surface area is 208 Å². The van der Waals surface area contributed by atoms with Crippen LogP contribution >= 0.6 is 0 Å². The van der Waals surface area contributed by atoms with Gasteiger partial charge in [0.1, 0.15) is 18.2 Å². The quantitative estimate of drug-likeness (QED) is 0.374. The van der Waals surface area contributed by atoms with Crippen molar-refractivity contribution in [1.29, 1.82) is 5.26 Å². The number of nitrogens with one attached hydrogen (secondary N) is 2. The zero-order valence-electron chi connectivity index (χ0n) is 19.7. The second kappa shape index (κ2) is 10.5. The first-order valence-corrected chi connectivity index (χ1v) is 11.9. The van der Waals surface area contributed by atoms with E-state index in [1.165, 1.54) is 0 Å². The summed E-state index contributed by atoms with van der Waals surface area (Å²) in [7, 11) is 0. The Morgan fingerprint density at radius 3 is 2.83 bits per heavy atom. The van der Waals surface area contributed by atoms with Crippen LogP contribution in [0.1, 0.15) is 24.0 Å². The fraction of sp³-hybridized carbons (Fsp3) is 0.296. The molecule has 3 heterocycles. The summed E-state index contributed by atoms with van der Waals surface area (Å²) in [5.74, 6) is 0.690. The molecule has 0 aliphatic carbocycles. The third-order valence-corrected chi connectivity index (χ3v) is 6.24. The van der Waals surface area contributed by atoms with Crippen LogP contribution in [0.4, 0.5) is 0 Å². The maximum absolute atomic E-state index is 12.8. The van der Waals surface area contributed by atoms with Gasteiger partial charge in [-0.1, -0.05) is 24.3 Å². The predicted molar refractivity (Wildman–Crippen MR) is 132 cm³/mol. The molecule has 1 atom stereocenters. The SMILES string of the molecule is N#C/C(=C\c1cn(CC(=O)NC[C@H]2CCCO2)c2ccccc12)C(=O)NCc1ccc2c(c1)OCO2. The van der Waals surface area contributed by atoms with E-state index < -0.39 is 5.91 Å². The number of rotatable bonds is 8. The molecule has 2 aliphatic rings. The van der Waals surface area contributed by atoms with Crippen molar-refractivity contribution in [3.8, 4) is 17.6 Å². The lowest BCUT2D eigenvalue weighted by molar-refractivity contribution is -0.122. The van der Waals surface area contributed by atoms with Gasteiger partial charge in [-0.2, -0.15) is 5.26 Å². The molecule has 36 heavy (non-hydrogen) atoms. The zero-order valence-corrected chi connectivity index (χ0v) is 19.7. The summed E-state index contributed by atoms with van der Waals surface area (Å²) in [6.07, 6.45) is 5.39. The summed E-state index contributed by atoms with van der Waals surface area (Å²) in [5, 5.41) is 16.2. The van der Waals surface area contributed by atoms with Crippen LogP contribution in [-0.4, -0.2) is 42.4 Å². The van der Waals surface area contributed by atoms with Crippen molar-refractivity contribution >= 4 is 28.8 Å². The van der Waals surface area contributed by atoms with Crippen LogP contribution in [0.2, 0.25) is 0 Å². The highest BCUT2D eigenvalue weighted by atomic mass is 16.7. The molecule has 9 nitrogen and oxygen atoms in total. The molecular weight excluding hydrogens is 460 g/mol. The van der Waals surface area contributed by atoms with Gasteiger partial charge in [0.15, 0.2) is 11.5 Å². The predicted octanol–water partition coefficient (Wildman–Crippen LogP) is 2.89. The number of nitrogens with zero attached hydrogens (tertiary/aromatic N) is 2. The normalized spacial score (nSPS) is 16.6. The number of amides is 2. The van der Waals surface area contributed by atoms with Crippen LogP contribution in [0.15, 0.2) is 54.2 Å². The van der Waals surface area contributed by atoms with Gasteiger partial charge in [-0.25, -0.2) is 0 Å². The number of fused-ring (bicyclic) bond motifs is 2. The summed E-state index contributed by atoms with van der Waals surface area (Å²) >= 11 is 0. The molecule has 2 aromatic carbocycles. The molecule has 1 aromatic heterocycles. The topological polar surface area (TPSA) is 115 Å². The fourth-order valence-corrected chi connectivity index (χ4v) is 4.40. The van der Waals surface area contributed by atoms with Gasteiger partial charge in [-0.3, -0.25) is 9.59 Å². The monoisotopic (exact) mass is 486 g/mol.